The predicted molar refractivity (Wildman–Crippen MR) is 76.6 cm³/mol. The first-order valence-corrected chi connectivity index (χ1v) is 6.95. The van der Waals surface area contributed by atoms with E-state index >= 15 is 0 Å². The van der Waals surface area contributed by atoms with Crippen molar-refractivity contribution >= 4 is 40.1 Å². The molecule has 0 unspecified atom stereocenters. The standard InChI is InChI=1S/C11H7ClN4OS2/c12-7-3-1-6(2-4-7)5-8-9(17)16-10(14-13-8)19-11(18)15-16/h1-4H,5H2,(H,15,18). The summed E-state index contributed by atoms with van der Waals surface area (Å²) < 4.78 is 1.82. The smallest absolute Gasteiger partial charge is 0.270 e. The highest BCUT2D eigenvalue weighted by Gasteiger charge is 2.09. The number of benzene rings is 1. The van der Waals surface area contributed by atoms with E-state index < -0.39 is 0 Å². The monoisotopic (exact) mass is 310 g/mol. The summed E-state index contributed by atoms with van der Waals surface area (Å²) in [6.45, 7) is 0. The summed E-state index contributed by atoms with van der Waals surface area (Å²) in [5.74, 6) is 0. The average molecular weight is 311 g/mol. The molecule has 96 valence electrons. The normalized spacial score (nSPS) is 11.0. The van der Waals surface area contributed by atoms with Crippen LogP contribution in [-0.4, -0.2) is 19.8 Å². The van der Waals surface area contributed by atoms with Crippen molar-refractivity contribution in [3.63, 3.8) is 0 Å². The number of fused-ring (bicyclic) bond motifs is 1. The number of nitrogens with one attached hydrogen (secondary N) is 1. The van der Waals surface area contributed by atoms with Crippen LogP contribution in [0.3, 0.4) is 0 Å². The molecule has 0 aliphatic rings. The Bertz CT molecular complexity index is 849. The minimum absolute atomic E-state index is 0.229. The molecule has 0 radical (unpaired) electrons. The number of hydrogen-bond donors (Lipinski definition) is 1. The maximum atomic E-state index is 12.2. The van der Waals surface area contributed by atoms with Crippen LogP contribution in [0.1, 0.15) is 11.3 Å². The zero-order valence-corrected chi connectivity index (χ0v) is 11.8. The molecule has 2 aromatic heterocycles. The molecule has 3 rings (SSSR count). The maximum absolute atomic E-state index is 12.2. The largest absolute Gasteiger partial charge is 0.295 e. The molecule has 5 nitrogen and oxygen atoms in total. The molecular formula is C11H7ClN4OS2. The first-order valence-electron chi connectivity index (χ1n) is 5.35. The summed E-state index contributed by atoms with van der Waals surface area (Å²) in [4.78, 5) is 12.6. The number of aromatic nitrogens is 4. The summed E-state index contributed by atoms with van der Waals surface area (Å²) in [5, 5.41) is 11.4. The quantitative estimate of drug-likeness (QED) is 0.739. The van der Waals surface area contributed by atoms with E-state index in [0.717, 1.165) is 5.56 Å². The van der Waals surface area contributed by atoms with Gasteiger partial charge in [0.25, 0.3) is 5.56 Å². The Hall–Kier alpha value is -1.57. The van der Waals surface area contributed by atoms with Gasteiger partial charge in [0, 0.05) is 11.4 Å². The second-order valence-corrected chi connectivity index (χ2v) is 5.96. The molecule has 2 heterocycles. The Morgan fingerprint density at radius 2 is 2.05 bits per heavy atom. The molecule has 19 heavy (non-hydrogen) atoms. The molecular weight excluding hydrogens is 304 g/mol. The molecule has 3 aromatic rings. The van der Waals surface area contributed by atoms with E-state index in [1.807, 2.05) is 12.1 Å². The molecule has 1 N–H and O–H groups in total. The van der Waals surface area contributed by atoms with Gasteiger partial charge in [-0.3, -0.25) is 9.89 Å². The second kappa shape index (κ2) is 4.84. The third kappa shape index (κ3) is 2.44. The van der Waals surface area contributed by atoms with Gasteiger partial charge in [-0.25, -0.2) is 0 Å². The summed E-state index contributed by atoms with van der Waals surface area (Å²) in [6, 6.07) is 7.26. The molecule has 0 aliphatic carbocycles. The molecule has 0 bridgehead atoms. The van der Waals surface area contributed by atoms with Gasteiger partial charge in [-0.1, -0.05) is 35.1 Å². The molecule has 0 amide bonds. The molecule has 1 aromatic carbocycles. The number of aromatic amines is 1. The molecule has 8 heteroatoms. The number of nitrogens with zero attached hydrogens (tertiary/aromatic N) is 3. The fraction of sp³-hybridized carbons (Fsp3) is 0.0909. The predicted octanol–water partition coefficient (Wildman–Crippen LogP) is 2.45. The molecule has 0 spiro atoms. The van der Waals surface area contributed by atoms with Crippen molar-refractivity contribution in [3.8, 4) is 0 Å². The highest BCUT2D eigenvalue weighted by molar-refractivity contribution is 7.73. The summed E-state index contributed by atoms with van der Waals surface area (Å²) in [7, 11) is 0. The fourth-order valence-electron chi connectivity index (χ4n) is 1.67. The van der Waals surface area contributed by atoms with Crippen LogP contribution >= 0.6 is 35.2 Å². The van der Waals surface area contributed by atoms with Gasteiger partial charge in [-0.2, -0.15) is 4.52 Å². The van der Waals surface area contributed by atoms with Crippen molar-refractivity contribution in [2.24, 2.45) is 0 Å². The van der Waals surface area contributed by atoms with Crippen LogP contribution in [0.4, 0.5) is 0 Å². The average Bonchev–Trinajstić information content (AvgIpc) is 2.77. The van der Waals surface area contributed by atoms with E-state index in [1.165, 1.54) is 15.9 Å². The summed E-state index contributed by atoms with van der Waals surface area (Å²) in [5.41, 5.74) is 1.08. The van der Waals surface area contributed by atoms with Crippen LogP contribution in [0.15, 0.2) is 29.1 Å². The summed E-state index contributed by atoms with van der Waals surface area (Å²) >= 11 is 12.0. The molecule has 0 aliphatic heterocycles. The third-order valence-corrected chi connectivity index (χ3v) is 3.89. The van der Waals surface area contributed by atoms with Crippen LogP contribution in [0, 0.1) is 3.95 Å². The van der Waals surface area contributed by atoms with Gasteiger partial charge in [0.2, 0.25) is 4.96 Å². The van der Waals surface area contributed by atoms with Gasteiger partial charge in [-0.05, 0) is 29.9 Å². The van der Waals surface area contributed by atoms with Gasteiger partial charge >= 0.3 is 0 Å². The Balaban J connectivity index is 2.05. The van der Waals surface area contributed by atoms with Crippen molar-refractivity contribution in [1.82, 2.24) is 19.8 Å². The van der Waals surface area contributed by atoms with Crippen molar-refractivity contribution in [2.45, 2.75) is 6.42 Å². The van der Waals surface area contributed by atoms with Crippen LogP contribution in [0.25, 0.3) is 4.96 Å². The van der Waals surface area contributed by atoms with E-state index in [2.05, 4.69) is 15.3 Å². The lowest BCUT2D eigenvalue weighted by molar-refractivity contribution is 0.805. The van der Waals surface area contributed by atoms with Crippen LogP contribution < -0.4 is 5.56 Å². The number of H-pyrrole nitrogens is 1. The minimum atomic E-state index is -0.229. The first-order chi connectivity index (χ1) is 9.13. The van der Waals surface area contributed by atoms with E-state index in [0.29, 0.717) is 26.1 Å². The zero-order valence-electron chi connectivity index (χ0n) is 9.46. The van der Waals surface area contributed by atoms with Gasteiger partial charge in [-0.15, -0.1) is 10.2 Å². The highest BCUT2D eigenvalue weighted by atomic mass is 35.5. The topological polar surface area (TPSA) is 63.0 Å². The lowest BCUT2D eigenvalue weighted by Crippen LogP contribution is -2.22. The lowest BCUT2D eigenvalue weighted by atomic mass is 10.1. The Kier molecular flexibility index (Phi) is 3.17. The van der Waals surface area contributed by atoms with E-state index in [-0.39, 0.29) is 5.56 Å². The molecule has 0 atom stereocenters. The van der Waals surface area contributed by atoms with Crippen LogP contribution in [0.5, 0.6) is 0 Å². The first kappa shape index (κ1) is 12.5. The fourth-order valence-corrected chi connectivity index (χ4v) is 2.72. The van der Waals surface area contributed by atoms with Crippen LogP contribution in [-0.2, 0) is 6.42 Å². The number of rotatable bonds is 2. The van der Waals surface area contributed by atoms with E-state index in [4.69, 9.17) is 23.8 Å². The van der Waals surface area contributed by atoms with Crippen molar-refractivity contribution in [1.29, 1.82) is 0 Å². The minimum Gasteiger partial charge on any atom is -0.270 e. The Labute approximate surface area is 121 Å². The number of hydrogen-bond acceptors (Lipinski definition) is 5. The summed E-state index contributed by atoms with van der Waals surface area (Å²) in [6.07, 6.45) is 0.405. The van der Waals surface area contributed by atoms with Crippen molar-refractivity contribution < 1.29 is 0 Å². The molecule has 0 saturated carbocycles. The van der Waals surface area contributed by atoms with E-state index in [1.54, 1.807) is 12.1 Å². The SMILES string of the molecule is O=c1c(Cc2ccc(Cl)cc2)nnc2sc(=S)[nH]n12. The van der Waals surface area contributed by atoms with Crippen LogP contribution in [0.2, 0.25) is 5.02 Å². The van der Waals surface area contributed by atoms with E-state index in [9.17, 15) is 4.79 Å². The third-order valence-electron chi connectivity index (χ3n) is 2.57. The molecule has 0 saturated heterocycles. The lowest BCUT2D eigenvalue weighted by Gasteiger charge is -2.00. The Morgan fingerprint density at radius 1 is 1.32 bits per heavy atom. The van der Waals surface area contributed by atoms with Crippen molar-refractivity contribution in [3.05, 3.63) is 54.9 Å². The van der Waals surface area contributed by atoms with Gasteiger partial charge in [0.15, 0.2) is 3.95 Å². The zero-order chi connectivity index (χ0) is 13.4. The second-order valence-electron chi connectivity index (χ2n) is 3.87. The van der Waals surface area contributed by atoms with Crippen molar-refractivity contribution in [2.75, 3.05) is 0 Å². The van der Waals surface area contributed by atoms with Gasteiger partial charge < -0.3 is 0 Å². The van der Waals surface area contributed by atoms with Gasteiger partial charge in [0.1, 0.15) is 5.69 Å². The molecule has 0 fully saturated rings. The van der Waals surface area contributed by atoms with Gasteiger partial charge in [0.05, 0.1) is 0 Å². The number of halogens is 1. The Morgan fingerprint density at radius 3 is 2.79 bits per heavy atom. The maximum Gasteiger partial charge on any atom is 0.295 e. The highest BCUT2D eigenvalue weighted by Crippen LogP contribution is 2.11.